The van der Waals surface area contributed by atoms with Crippen LogP contribution in [0, 0.1) is 0 Å². The Morgan fingerprint density at radius 3 is 2.48 bits per heavy atom. The standard InChI is InChI=1S/C14H16N4O3/c1-14(16-17-14)11-7-5-10(6-8-11)13(21)18(2)15-9-3-4-12(19)20/h5-9H,3-4H2,1-2H3,(H,19,20)/b15-9+. The van der Waals surface area contributed by atoms with Gasteiger partial charge in [0.15, 0.2) is 0 Å². The molecule has 0 bridgehead atoms. The number of carbonyl (C=O) groups excluding carboxylic acids is 1. The number of carboxylic acids is 1. The van der Waals surface area contributed by atoms with Crippen LogP contribution in [0.5, 0.6) is 0 Å². The van der Waals surface area contributed by atoms with Crippen molar-refractivity contribution in [2.24, 2.45) is 15.3 Å². The van der Waals surface area contributed by atoms with Crippen LogP contribution in [0.1, 0.15) is 35.7 Å². The normalized spacial score (nSPS) is 15.1. The molecule has 7 heteroatoms. The van der Waals surface area contributed by atoms with Crippen molar-refractivity contribution in [2.45, 2.75) is 25.4 Å². The van der Waals surface area contributed by atoms with Gasteiger partial charge in [-0.3, -0.25) is 9.59 Å². The number of aliphatic carboxylic acids is 1. The molecule has 0 saturated carbocycles. The number of hydrazone groups is 1. The summed E-state index contributed by atoms with van der Waals surface area (Å²) in [6, 6.07) is 7.04. The van der Waals surface area contributed by atoms with Crippen LogP contribution < -0.4 is 0 Å². The number of hydrogen-bond acceptors (Lipinski definition) is 5. The Morgan fingerprint density at radius 1 is 1.33 bits per heavy atom. The van der Waals surface area contributed by atoms with E-state index in [4.69, 9.17) is 5.11 Å². The van der Waals surface area contributed by atoms with E-state index in [1.807, 2.05) is 19.1 Å². The second kappa shape index (κ2) is 5.82. The predicted octanol–water partition coefficient (Wildman–Crippen LogP) is 2.25. The lowest BCUT2D eigenvalue weighted by Crippen LogP contribution is -2.21. The van der Waals surface area contributed by atoms with E-state index in [1.54, 1.807) is 12.1 Å². The molecular formula is C14H16N4O3. The quantitative estimate of drug-likeness (QED) is 0.642. The lowest BCUT2D eigenvalue weighted by molar-refractivity contribution is -0.136. The maximum absolute atomic E-state index is 12.1. The number of amides is 1. The molecule has 0 fully saturated rings. The highest BCUT2D eigenvalue weighted by Gasteiger charge is 2.35. The summed E-state index contributed by atoms with van der Waals surface area (Å²) in [5, 5.41) is 21.5. The van der Waals surface area contributed by atoms with E-state index in [-0.39, 0.29) is 18.7 Å². The zero-order valence-electron chi connectivity index (χ0n) is 11.9. The van der Waals surface area contributed by atoms with Gasteiger partial charge in [0.25, 0.3) is 5.91 Å². The third kappa shape index (κ3) is 3.71. The van der Waals surface area contributed by atoms with Gasteiger partial charge in [-0.2, -0.15) is 15.3 Å². The van der Waals surface area contributed by atoms with Gasteiger partial charge in [0.2, 0.25) is 5.66 Å². The van der Waals surface area contributed by atoms with Crippen LogP contribution >= 0.6 is 0 Å². The van der Waals surface area contributed by atoms with Crippen LogP contribution in [0.2, 0.25) is 0 Å². The molecule has 0 aromatic heterocycles. The van der Waals surface area contributed by atoms with Crippen LogP contribution in [0.25, 0.3) is 0 Å². The van der Waals surface area contributed by atoms with Crippen molar-refractivity contribution in [1.82, 2.24) is 5.01 Å². The Bertz CT molecular complexity index is 601. The highest BCUT2D eigenvalue weighted by atomic mass is 16.4. The second-order valence-electron chi connectivity index (χ2n) is 4.86. The summed E-state index contributed by atoms with van der Waals surface area (Å²) < 4.78 is 0. The van der Waals surface area contributed by atoms with Gasteiger partial charge in [-0.25, -0.2) is 5.01 Å². The molecule has 1 aromatic carbocycles. The van der Waals surface area contributed by atoms with E-state index < -0.39 is 11.6 Å². The number of carbonyl (C=O) groups is 2. The minimum absolute atomic E-state index is 0.00812. The zero-order valence-corrected chi connectivity index (χ0v) is 11.9. The lowest BCUT2D eigenvalue weighted by atomic mass is 10.0. The van der Waals surface area contributed by atoms with Crippen molar-refractivity contribution >= 4 is 18.1 Å². The number of nitrogens with zero attached hydrogens (tertiary/aromatic N) is 4. The summed E-state index contributed by atoms with van der Waals surface area (Å²) in [5.41, 5.74) is 0.982. The van der Waals surface area contributed by atoms with Crippen LogP contribution in [0.4, 0.5) is 0 Å². The molecule has 0 aliphatic carbocycles. The van der Waals surface area contributed by atoms with Gasteiger partial charge >= 0.3 is 5.97 Å². The first-order valence-electron chi connectivity index (χ1n) is 6.49. The van der Waals surface area contributed by atoms with Crippen LogP contribution in [0.3, 0.4) is 0 Å². The molecule has 1 amide bonds. The molecule has 0 saturated heterocycles. The van der Waals surface area contributed by atoms with Crippen molar-refractivity contribution in [1.29, 1.82) is 0 Å². The van der Waals surface area contributed by atoms with Crippen LogP contribution in [0.15, 0.2) is 39.6 Å². The van der Waals surface area contributed by atoms with Crippen molar-refractivity contribution in [2.75, 3.05) is 7.05 Å². The zero-order chi connectivity index (χ0) is 15.5. The number of benzene rings is 1. The SMILES string of the molecule is CN(/N=C/CCC(=O)O)C(=O)c1ccc(C2(C)N=N2)cc1. The average molecular weight is 288 g/mol. The topological polar surface area (TPSA) is 94.7 Å². The predicted molar refractivity (Wildman–Crippen MR) is 76.1 cm³/mol. The molecule has 110 valence electrons. The molecule has 0 radical (unpaired) electrons. The Labute approximate surface area is 122 Å². The third-order valence-corrected chi connectivity index (χ3v) is 3.11. The Kier molecular flexibility index (Phi) is 4.11. The van der Waals surface area contributed by atoms with E-state index >= 15 is 0 Å². The molecule has 1 aliphatic rings. The number of carboxylic acid groups (broad SMARTS) is 1. The molecule has 7 nitrogen and oxygen atoms in total. The van der Waals surface area contributed by atoms with Crippen molar-refractivity contribution in [3.8, 4) is 0 Å². The fraction of sp³-hybridized carbons (Fsp3) is 0.357. The molecule has 1 aromatic rings. The average Bonchev–Trinajstić information content (AvgIpc) is 3.21. The molecule has 1 heterocycles. The first-order chi connectivity index (χ1) is 9.92. The highest BCUT2D eigenvalue weighted by Crippen LogP contribution is 2.38. The van der Waals surface area contributed by atoms with Crippen molar-refractivity contribution in [3.05, 3.63) is 35.4 Å². The van der Waals surface area contributed by atoms with Crippen LogP contribution in [-0.4, -0.2) is 35.3 Å². The van der Waals surface area contributed by atoms with Gasteiger partial charge in [0.05, 0.1) is 6.42 Å². The molecule has 0 unspecified atom stereocenters. The number of hydrogen-bond donors (Lipinski definition) is 1. The summed E-state index contributed by atoms with van der Waals surface area (Å²) >= 11 is 0. The largest absolute Gasteiger partial charge is 0.481 e. The van der Waals surface area contributed by atoms with Gasteiger partial charge in [-0.05, 0) is 25.5 Å². The first-order valence-corrected chi connectivity index (χ1v) is 6.49. The molecule has 0 spiro atoms. The second-order valence-corrected chi connectivity index (χ2v) is 4.86. The van der Waals surface area contributed by atoms with E-state index in [0.29, 0.717) is 5.56 Å². The van der Waals surface area contributed by atoms with Gasteiger partial charge in [0.1, 0.15) is 0 Å². The summed E-state index contributed by atoms with van der Waals surface area (Å²) in [5.74, 6) is -1.15. The van der Waals surface area contributed by atoms with E-state index in [0.717, 1.165) is 5.56 Å². The summed E-state index contributed by atoms with van der Waals surface area (Å²) in [6.07, 6.45) is 1.70. The summed E-state index contributed by atoms with van der Waals surface area (Å²) in [7, 11) is 1.53. The van der Waals surface area contributed by atoms with Crippen LogP contribution in [-0.2, 0) is 10.5 Å². The molecular weight excluding hydrogens is 272 g/mol. The summed E-state index contributed by atoms with van der Waals surface area (Å²) in [6.45, 7) is 1.89. The Morgan fingerprint density at radius 2 is 1.95 bits per heavy atom. The molecule has 1 aliphatic heterocycles. The van der Waals surface area contributed by atoms with Gasteiger partial charge in [-0.1, -0.05) is 12.1 Å². The minimum atomic E-state index is -0.893. The maximum Gasteiger partial charge on any atom is 0.303 e. The van der Waals surface area contributed by atoms with Crippen molar-refractivity contribution in [3.63, 3.8) is 0 Å². The van der Waals surface area contributed by atoms with Gasteiger partial charge in [-0.15, -0.1) is 0 Å². The minimum Gasteiger partial charge on any atom is -0.481 e. The Balaban J connectivity index is 1.94. The smallest absolute Gasteiger partial charge is 0.303 e. The van der Waals surface area contributed by atoms with E-state index in [2.05, 4.69) is 15.3 Å². The fourth-order valence-corrected chi connectivity index (χ4v) is 1.73. The lowest BCUT2D eigenvalue weighted by Gasteiger charge is -2.11. The van der Waals surface area contributed by atoms with Gasteiger partial charge in [0, 0.05) is 24.4 Å². The number of rotatable bonds is 6. The summed E-state index contributed by atoms with van der Waals surface area (Å²) in [4.78, 5) is 22.5. The maximum atomic E-state index is 12.1. The fourth-order valence-electron chi connectivity index (χ4n) is 1.73. The third-order valence-electron chi connectivity index (χ3n) is 3.11. The van der Waals surface area contributed by atoms with Crippen molar-refractivity contribution < 1.29 is 14.7 Å². The highest BCUT2D eigenvalue weighted by molar-refractivity contribution is 5.94. The molecule has 21 heavy (non-hydrogen) atoms. The Hall–Kier alpha value is -2.57. The first kappa shape index (κ1) is 14.8. The monoisotopic (exact) mass is 288 g/mol. The molecule has 2 rings (SSSR count). The molecule has 1 N–H and O–H groups in total. The molecule has 0 atom stereocenters. The van der Waals surface area contributed by atoms with E-state index in [1.165, 1.54) is 18.3 Å². The van der Waals surface area contributed by atoms with Gasteiger partial charge < -0.3 is 5.11 Å². The van der Waals surface area contributed by atoms with E-state index in [9.17, 15) is 9.59 Å².